The van der Waals surface area contributed by atoms with Gasteiger partial charge < -0.3 is 10.7 Å². The van der Waals surface area contributed by atoms with Crippen molar-refractivity contribution >= 4 is 5.82 Å². The number of halogens is 1. The average Bonchev–Trinajstić information content (AvgIpc) is 2.16. The normalized spacial score (nSPS) is 10.2. The number of hydrogen-bond acceptors (Lipinski definition) is 2. The summed E-state index contributed by atoms with van der Waals surface area (Å²) in [6.07, 6.45) is 0. The molecule has 4 heteroatoms. The van der Waals surface area contributed by atoms with Crippen molar-refractivity contribution < 1.29 is 4.39 Å². The van der Waals surface area contributed by atoms with Gasteiger partial charge in [-0.15, -0.1) is 0 Å². The average molecular weight is 204 g/mol. The highest BCUT2D eigenvalue weighted by atomic mass is 19.1. The molecule has 0 bridgehead atoms. The number of aromatic nitrogens is 1. The number of rotatable bonds is 1. The van der Waals surface area contributed by atoms with Crippen molar-refractivity contribution in [3.8, 4) is 11.1 Å². The van der Waals surface area contributed by atoms with Crippen molar-refractivity contribution in [1.29, 1.82) is 0 Å². The molecule has 15 heavy (non-hydrogen) atoms. The molecule has 0 spiro atoms. The van der Waals surface area contributed by atoms with Crippen LogP contribution in [0.15, 0.2) is 41.2 Å². The highest BCUT2D eigenvalue weighted by Crippen LogP contribution is 2.19. The Hall–Kier alpha value is -2.10. The van der Waals surface area contributed by atoms with Gasteiger partial charge in [-0.2, -0.15) is 0 Å². The molecule has 76 valence electrons. The maximum absolute atomic E-state index is 12.9. The summed E-state index contributed by atoms with van der Waals surface area (Å²) in [6, 6.07) is 8.98. The monoisotopic (exact) mass is 204 g/mol. The molecule has 0 amide bonds. The number of hydrogen-bond donors (Lipinski definition) is 2. The molecule has 0 saturated carbocycles. The van der Waals surface area contributed by atoms with E-state index in [2.05, 4.69) is 4.98 Å². The van der Waals surface area contributed by atoms with Crippen LogP contribution in [0.5, 0.6) is 0 Å². The third-order valence-electron chi connectivity index (χ3n) is 2.02. The Morgan fingerprint density at radius 3 is 2.60 bits per heavy atom. The molecule has 3 N–H and O–H groups in total. The van der Waals surface area contributed by atoms with E-state index in [1.165, 1.54) is 18.2 Å². The topological polar surface area (TPSA) is 58.9 Å². The number of benzene rings is 1. The van der Waals surface area contributed by atoms with Gasteiger partial charge in [-0.1, -0.05) is 12.1 Å². The van der Waals surface area contributed by atoms with Crippen LogP contribution in [-0.4, -0.2) is 4.98 Å². The Morgan fingerprint density at radius 1 is 1.13 bits per heavy atom. The number of pyridine rings is 1. The molecule has 3 nitrogen and oxygen atoms in total. The number of nitrogens with one attached hydrogen (secondary N) is 1. The Kier molecular flexibility index (Phi) is 2.25. The Labute approximate surface area is 85.4 Å². The zero-order chi connectivity index (χ0) is 10.8. The van der Waals surface area contributed by atoms with Crippen molar-refractivity contribution in [2.24, 2.45) is 0 Å². The molecule has 1 aromatic heterocycles. The van der Waals surface area contributed by atoms with Gasteiger partial charge in [0.2, 0.25) is 5.56 Å². The molecule has 1 heterocycles. The number of anilines is 1. The number of H-pyrrole nitrogens is 1. The van der Waals surface area contributed by atoms with E-state index in [1.807, 2.05) is 0 Å². The van der Waals surface area contributed by atoms with Crippen molar-refractivity contribution in [2.45, 2.75) is 0 Å². The zero-order valence-electron chi connectivity index (χ0n) is 7.83. The van der Waals surface area contributed by atoms with Crippen LogP contribution in [0.3, 0.4) is 0 Å². The predicted octanol–water partition coefficient (Wildman–Crippen LogP) is 1.76. The summed E-state index contributed by atoms with van der Waals surface area (Å²) < 4.78 is 12.9. The van der Waals surface area contributed by atoms with E-state index in [9.17, 15) is 9.18 Å². The van der Waals surface area contributed by atoms with E-state index in [4.69, 9.17) is 5.73 Å². The van der Waals surface area contributed by atoms with Crippen molar-refractivity contribution in [1.82, 2.24) is 4.98 Å². The first-order valence-corrected chi connectivity index (χ1v) is 4.41. The van der Waals surface area contributed by atoms with Gasteiger partial charge in [-0.25, -0.2) is 4.39 Å². The molecule has 0 atom stereocenters. The van der Waals surface area contributed by atoms with Gasteiger partial charge in [-0.3, -0.25) is 4.79 Å². The third-order valence-corrected chi connectivity index (χ3v) is 2.02. The number of nitrogen functional groups attached to an aromatic ring is 1. The van der Waals surface area contributed by atoms with E-state index in [0.29, 0.717) is 11.1 Å². The lowest BCUT2D eigenvalue weighted by Crippen LogP contribution is -2.07. The van der Waals surface area contributed by atoms with E-state index in [-0.39, 0.29) is 17.2 Å². The quantitative estimate of drug-likeness (QED) is 0.743. The van der Waals surface area contributed by atoms with E-state index >= 15 is 0 Å². The summed E-state index contributed by atoms with van der Waals surface area (Å²) in [5.74, 6) is -0.0758. The molecular weight excluding hydrogens is 195 g/mol. The maximum atomic E-state index is 12.9. The fourth-order valence-electron chi connectivity index (χ4n) is 1.40. The molecule has 2 aromatic rings. The van der Waals surface area contributed by atoms with Crippen LogP contribution in [0.1, 0.15) is 0 Å². The first-order valence-electron chi connectivity index (χ1n) is 4.41. The van der Waals surface area contributed by atoms with Gasteiger partial charge in [0, 0.05) is 6.07 Å². The lowest BCUT2D eigenvalue weighted by molar-refractivity contribution is 0.628. The fourth-order valence-corrected chi connectivity index (χ4v) is 1.40. The largest absolute Gasteiger partial charge is 0.385 e. The van der Waals surface area contributed by atoms with Crippen molar-refractivity contribution in [3.05, 3.63) is 52.6 Å². The van der Waals surface area contributed by atoms with Crippen LogP contribution < -0.4 is 11.3 Å². The van der Waals surface area contributed by atoms with E-state index in [1.54, 1.807) is 18.2 Å². The van der Waals surface area contributed by atoms with Gasteiger partial charge in [0.1, 0.15) is 11.6 Å². The summed E-state index contributed by atoms with van der Waals surface area (Å²) in [4.78, 5) is 13.6. The van der Waals surface area contributed by atoms with Gasteiger partial charge in [0.15, 0.2) is 0 Å². The highest BCUT2D eigenvalue weighted by molar-refractivity contribution is 5.65. The van der Waals surface area contributed by atoms with Crippen LogP contribution in [0, 0.1) is 5.82 Å². The summed E-state index contributed by atoms with van der Waals surface area (Å²) in [7, 11) is 0. The molecule has 0 aliphatic heterocycles. The van der Waals surface area contributed by atoms with Crippen molar-refractivity contribution in [3.63, 3.8) is 0 Å². The smallest absolute Gasteiger partial charge is 0.250 e. The first kappa shape index (κ1) is 9.45. The zero-order valence-corrected chi connectivity index (χ0v) is 7.83. The van der Waals surface area contributed by atoms with Gasteiger partial charge in [-0.05, 0) is 29.3 Å². The molecule has 1 aromatic carbocycles. The van der Waals surface area contributed by atoms with Crippen LogP contribution in [0.2, 0.25) is 0 Å². The fraction of sp³-hybridized carbons (Fsp3) is 0. The summed E-state index contributed by atoms with van der Waals surface area (Å²) in [6.45, 7) is 0. The number of nitrogens with two attached hydrogens (primary N) is 1. The molecule has 0 saturated heterocycles. The first-order chi connectivity index (χ1) is 7.15. The van der Waals surface area contributed by atoms with Crippen LogP contribution in [0.25, 0.3) is 11.1 Å². The molecule has 0 radical (unpaired) electrons. The van der Waals surface area contributed by atoms with E-state index < -0.39 is 0 Å². The standard InChI is InChI=1S/C11H9FN2O/c12-9-3-1-2-7(4-9)8-5-10(13)14-11(15)6-8/h1-6H,(H3,13,14,15). The van der Waals surface area contributed by atoms with Crippen LogP contribution >= 0.6 is 0 Å². The van der Waals surface area contributed by atoms with Gasteiger partial charge >= 0.3 is 0 Å². The van der Waals surface area contributed by atoms with Crippen LogP contribution in [-0.2, 0) is 0 Å². The molecule has 0 aliphatic rings. The minimum Gasteiger partial charge on any atom is -0.385 e. The summed E-state index contributed by atoms with van der Waals surface area (Å²) >= 11 is 0. The Morgan fingerprint density at radius 2 is 1.93 bits per heavy atom. The lowest BCUT2D eigenvalue weighted by atomic mass is 10.1. The minimum atomic E-state index is -0.341. The summed E-state index contributed by atoms with van der Waals surface area (Å²) in [5.41, 5.74) is 6.43. The van der Waals surface area contributed by atoms with Gasteiger partial charge in [0.05, 0.1) is 0 Å². The van der Waals surface area contributed by atoms with Crippen molar-refractivity contribution in [2.75, 3.05) is 5.73 Å². The van der Waals surface area contributed by atoms with E-state index in [0.717, 1.165) is 0 Å². The minimum absolute atomic E-state index is 0.266. The highest BCUT2D eigenvalue weighted by Gasteiger charge is 2.01. The molecule has 0 aliphatic carbocycles. The number of aromatic amines is 1. The second-order valence-electron chi connectivity index (χ2n) is 3.20. The second-order valence-corrected chi connectivity index (χ2v) is 3.20. The Balaban J connectivity index is 2.59. The second kappa shape index (κ2) is 3.57. The Bertz CT molecular complexity index is 548. The molecule has 0 fully saturated rings. The van der Waals surface area contributed by atoms with Crippen LogP contribution in [0.4, 0.5) is 10.2 Å². The molecule has 2 rings (SSSR count). The third kappa shape index (κ3) is 2.04. The lowest BCUT2D eigenvalue weighted by Gasteiger charge is -2.02. The SMILES string of the molecule is Nc1cc(-c2cccc(F)c2)cc(=O)[nH]1. The molecule has 0 unspecified atom stereocenters. The predicted molar refractivity (Wildman–Crippen MR) is 56.9 cm³/mol. The molecular formula is C11H9FN2O. The summed E-state index contributed by atoms with van der Waals surface area (Å²) in [5, 5.41) is 0. The van der Waals surface area contributed by atoms with Gasteiger partial charge in [0.25, 0.3) is 0 Å². The maximum Gasteiger partial charge on any atom is 0.250 e.